The first-order valence-electron chi connectivity index (χ1n) is 14.2. The second kappa shape index (κ2) is 14.6. The third-order valence-corrected chi connectivity index (χ3v) is 7.65. The number of hydrogen-bond acceptors (Lipinski definition) is 9. The van der Waals surface area contributed by atoms with Gasteiger partial charge in [0.05, 0.1) is 24.1 Å². The van der Waals surface area contributed by atoms with E-state index in [1.807, 2.05) is 0 Å². The Morgan fingerprint density at radius 2 is 1.57 bits per heavy atom. The summed E-state index contributed by atoms with van der Waals surface area (Å²) in [5.41, 5.74) is -0.746. The number of aliphatic hydroxyl groups is 2. The summed E-state index contributed by atoms with van der Waals surface area (Å²) in [6.07, 6.45) is -3.44. The Kier molecular flexibility index (Phi) is 10.9. The molecule has 7 N–H and O–H groups in total. The summed E-state index contributed by atoms with van der Waals surface area (Å²) in [7, 11) is 0. The molecule has 1 aromatic carbocycles. The van der Waals surface area contributed by atoms with Gasteiger partial charge in [0.2, 0.25) is 29.5 Å². The van der Waals surface area contributed by atoms with Gasteiger partial charge in [0.25, 0.3) is 5.95 Å². The third kappa shape index (κ3) is 7.75. The number of halogens is 4. The molecule has 46 heavy (non-hydrogen) atoms. The van der Waals surface area contributed by atoms with Crippen molar-refractivity contribution in [3.63, 3.8) is 0 Å². The summed E-state index contributed by atoms with van der Waals surface area (Å²) >= 11 is 0. The van der Waals surface area contributed by atoms with Crippen molar-refractivity contribution in [2.75, 3.05) is 0 Å². The molecule has 0 spiro atoms. The minimum atomic E-state index is -2.09. The van der Waals surface area contributed by atoms with Crippen LogP contribution in [-0.4, -0.2) is 73.3 Å². The predicted molar refractivity (Wildman–Crippen MR) is 152 cm³/mol. The van der Waals surface area contributed by atoms with Crippen LogP contribution in [0.2, 0.25) is 0 Å². The molecule has 3 aromatic rings. The van der Waals surface area contributed by atoms with E-state index in [-0.39, 0.29) is 12.1 Å². The van der Waals surface area contributed by atoms with Crippen molar-refractivity contribution in [2.24, 2.45) is 5.92 Å². The fourth-order valence-corrected chi connectivity index (χ4v) is 5.03. The maximum Gasteiger partial charge on any atom is 0.254 e. The van der Waals surface area contributed by atoms with E-state index in [9.17, 15) is 47.3 Å². The molecule has 12 nitrogen and oxygen atoms in total. The van der Waals surface area contributed by atoms with Gasteiger partial charge in [-0.2, -0.15) is 18.2 Å². The molecule has 1 aliphatic rings. The smallest absolute Gasteiger partial charge is 0.254 e. The number of amides is 3. The van der Waals surface area contributed by atoms with E-state index < -0.39 is 101 Å². The Morgan fingerprint density at radius 1 is 0.870 bits per heavy atom. The minimum absolute atomic E-state index is 0.0109. The molecule has 7 atom stereocenters. The SMILES string of the molecule is C[C@H]1NC(=O)C(Cc2ccccc2)NC(=O)[C@H](C)[C@H](O)[C@H](Cc2c(F)nc(F)c(F)c2F)NC(=O)[C@H]1NC(O)c1ncccc1O. The van der Waals surface area contributed by atoms with E-state index in [0.717, 1.165) is 0 Å². The molecule has 16 heteroatoms. The normalized spacial score (nSPS) is 25.0. The van der Waals surface area contributed by atoms with Crippen LogP contribution in [0.5, 0.6) is 5.75 Å². The van der Waals surface area contributed by atoms with E-state index >= 15 is 0 Å². The lowest BCUT2D eigenvalue weighted by Gasteiger charge is -2.34. The number of pyridine rings is 2. The van der Waals surface area contributed by atoms with Crippen LogP contribution >= 0.6 is 0 Å². The fraction of sp³-hybridized carbons (Fsp3) is 0.367. The molecule has 3 heterocycles. The number of rotatable bonds is 7. The number of carbonyl (C=O) groups is 3. The predicted octanol–water partition coefficient (Wildman–Crippen LogP) is 0.658. The standard InChI is InChI=1S/C30H32F4N6O6/c1-13-24(42)17(12-16-20(31)21(32)26(34)40-25(16)33)37-29(45)22(39-30(46)23-19(41)9-6-10-35-23)14(2)36-28(44)18(38-27(13)43)11-15-7-4-3-5-8-15/h3-10,13-14,17-18,22,24,30,39,41-42,46H,11-12H2,1-2H3,(H,36,44)(H,37,45)(H,38,43)/t13-,14-,17+,18?,22+,24+,30?/m1/s1. The molecule has 2 aromatic heterocycles. The Labute approximate surface area is 260 Å². The van der Waals surface area contributed by atoms with E-state index in [1.54, 1.807) is 30.3 Å². The van der Waals surface area contributed by atoms with Crippen molar-refractivity contribution in [2.45, 2.75) is 63.2 Å². The Hall–Kier alpha value is -4.67. The maximum atomic E-state index is 14.7. The molecular weight excluding hydrogens is 616 g/mol. The van der Waals surface area contributed by atoms with Crippen LogP contribution in [-0.2, 0) is 27.2 Å². The van der Waals surface area contributed by atoms with Crippen LogP contribution in [0.1, 0.15) is 36.9 Å². The zero-order valence-electron chi connectivity index (χ0n) is 24.5. The molecule has 3 amide bonds. The number of benzene rings is 1. The van der Waals surface area contributed by atoms with E-state index in [4.69, 9.17) is 0 Å². The van der Waals surface area contributed by atoms with Gasteiger partial charge in [-0.05, 0) is 24.6 Å². The summed E-state index contributed by atoms with van der Waals surface area (Å²) < 4.78 is 56.8. The van der Waals surface area contributed by atoms with Gasteiger partial charge in [0.15, 0.2) is 12.0 Å². The van der Waals surface area contributed by atoms with Crippen LogP contribution in [0.15, 0.2) is 48.7 Å². The van der Waals surface area contributed by atoms with Crippen LogP contribution in [0.3, 0.4) is 0 Å². The highest BCUT2D eigenvalue weighted by molar-refractivity contribution is 5.90. The lowest BCUT2D eigenvalue weighted by molar-refractivity contribution is -0.136. The summed E-state index contributed by atoms with van der Waals surface area (Å²) in [5.74, 6) is -12.3. The first-order chi connectivity index (χ1) is 21.8. The average molecular weight is 649 g/mol. The molecule has 0 aliphatic carbocycles. The lowest BCUT2D eigenvalue weighted by atomic mass is 9.91. The van der Waals surface area contributed by atoms with Crippen molar-refractivity contribution in [3.05, 3.63) is 89.0 Å². The number of nitrogens with zero attached hydrogens (tertiary/aromatic N) is 2. The Balaban J connectivity index is 1.74. The molecule has 2 unspecified atom stereocenters. The van der Waals surface area contributed by atoms with E-state index in [0.29, 0.717) is 5.56 Å². The Bertz CT molecular complexity index is 1580. The summed E-state index contributed by atoms with van der Waals surface area (Å²) in [4.78, 5) is 47.0. The zero-order valence-corrected chi connectivity index (χ0v) is 24.5. The van der Waals surface area contributed by atoms with Crippen molar-refractivity contribution >= 4 is 17.7 Å². The van der Waals surface area contributed by atoms with Crippen LogP contribution in [0.25, 0.3) is 0 Å². The van der Waals surface area contributed by atoms with Crippen LogP contribution in [0, 0.1) is 29.4 Å². The van der Waals surface area contributed by atoms with Crippen molar-refractivity contribution in [1.29, 1.82) is 0 Å². The monoisotopic (exact) mass is 648 g/mol. The number of aromatic nitrogens is 2. The highest BCUT2D eigenvalue weighted by atomic mass is 19.2. The van der Waals surface area contributed by atoms with Crippen LogP contribution < -0.4 is 21.3 Å². The second-order valence-electron chi connectivity index (χ2n) is 10.9. The van der Waals surface area contributed by atoms with Gasteiger partial charge in [-0.25, -0.2) is 4.39 Å². The average Bonchev–Trinajstić information content (AvgIpc) is 3.02. The number of aromatic hydroxyl groups is 1. The highest BCUT2D eigenvalue weighted by Gasteiger charge is 2.39. The molecule has 1 saturated heterocycles. The molecule has 4 rings (SSSR count). The molecule has 0 saturated carbocycles. The summed E-state index contributed by atoms with van der Waals surface area (Å²) in [6, 6.07) is 5.50. The van der Waals surface area contributed by atoms with Gasteiger partial charge in [-0.1, -0.05) is 37.3 Å². The van der Waals surface area contributed by atoms with Gasteiger partial charge in [-0.3, -0.25) is 24.7 Å². The first-order valence-corrected chi connectivity index (χ1v) is 14.2. The van der Waals surface area contributed by atoms with Crippen molar-refractivity contribution in [1.82, 2.24) is 31.2 Å². The van der Waals surface area contributed by atoms with Gasteiger partial charge in [0.1, 0.15) is 23.5 Å². The van der Waals surface area contributed by atoms with E-state index in [1.165, 1.54) is 32.2 Å². The molecule has 0 radical (unpaired) electrons. The topological polar surface area (TPSA) is 186 Å². The van der Waals surface area contributed by atoms with Crippen LogP contribution in [0.4, 0.5) is 17.6 Å². The number of aliphatic hydroxyl groups excluding tert-OH is 2. The van der Waals surface area contributed by atoms with Crippen molar-refractivity contribution in [3.8, 4) is 5.75 Å². The highest BCUT2D eigenvalue weighted by Crippen LogP contribution is 2.23. The van der Waals surface area contributed by atoms with Gasteiger partial charge in [0, 0.05) is 24.6 Å². The quantitative estimate of drug-likeness (QED) is 0.110. The zero-order chi connectivity index (χ0) is 33.7. The second-order valence-corrected chi connectivity index (χ2v) is 10.9. The third-order valence-electron chi connectivity index (χ3n) is 7.65. The Morgan fingerprint density at radius 3 is 2.24 bits per heavy atom. The number of nitrogens with one attached hydrogen (secondary N) is 4. The number of carbonyl (C=O) groups excluding carboxylic acids is 3. The van der Waals surface area contributed by atoms with Crippen molar-refractivity contribution < 1.29 is 47.3 Å². The first kappa shape index (κ1) is 34.2. The maximum absolute atomic E-state index is 14.7. The van der Waals surface area contributed by atoms with Gasteiger partial charge in [-0.15, -0.1) is 0 Å². The van der Waals surface area contributed by atoms with Gasteiger partial charge >= 0.3 is 0 Å². The molecule has 0 bridgehead atoms. The largest absolute Gasteiger partial charge is 0.506 e. The van der Waals surface area contributed by atoms with Gasteiger partial charge < -0.3 is 31.3 Å². The summed E-state index contributed by atoms with van der Waals surface area (Å²) in [5, 5.41) is 42.3. The molecule has 1 fully saturated rings. The minimum Gasteiger partial charge on any atom is -0.506 e. The number of hydrogen-bond donors (Lipinski definition) is 7. The fourth-order valence-electron chi connectivity index (χ4n) is 5.03. The molecular formula is C30H32F4N6O6. The summed E-state index contributed by atoms with van der Waals surface area (Å²) in [6.45, 7) is 2.60. The van der Waals surface area contributed by atoms with E-state index in [2.05, 4.69) is 31.2 Å². The molecule has 1 aliphatic heterocycles. The lowest BCUT2D eigenvalue weighted by Crippen LogP contribution is -2.63. The molecule has 246 valence electrons.